The van der Waals surface area contributed by atoms with Gasteiger partial charge in [0.15, 0.2) is 5.13 Å². The molecule has 0 bridgehead atoms. The number of ether oxygens (including phenoxy) is 2. The van der Waals surface area contributed by atoms with Crippen LogP contribution in [-0.4, -0.2) is 55.2 Å². The maximum Gasteiger partial charge on any atom is 0.232 e. The SMILES string of the molecule is CCOc1cccc2sc(N(CCN(CC)CC)C(=O)CCOc3ccccc3)nc12. The minimum absolute atomic E-state index is 0.0140. The molecule has 7 heteroatoms. The average Bonchev–Trinajstić information content (AvgIpc) is 3.22. The zero-order valence-corrected chi connectivity index (χ0v) is 19.4. The molecular weight excluding hydrogens is 410 g/mol. The molecule has 0 radical (unpaired) electrons. The Kier molecular flexibility index (Phi) is 8.67. The number of aromatic nitrogens is 1. The molecule has 0 aliphatic rings. The number of rotatable bonds is 12. The molecule has 0 saturated heterocycles. The van der Waals surface area contributed by atoms with Crippen molar-refractivity contribution in [2.75, 3.05) is 44.3 Å². The van der Waals surface area contributed by atoms with E-state index in [0.717, 1.165) is 41.3 Å². The number of hydrogen-bond acceptors (Lipinski definition) is 6. The maximum atomic E-state index is 13.2. The summed E-state index contributed by atoms with van der Waals surface area (Å²) in [6, 6.07) is 15.5. The van der Waals surface area contributed by atoms with Crippen molar-refractivity contribution in [3.63, 3.8) is 0 Å². The monoisotopic (exact) mass is 441 g/mol. The zero-order valence-electron chi connectivity index (χ0n) is 18.5. The van der Waals surface area contributed by atoms with Gasteiger partial charge in [0.2, 0.25) is 5.91 Å². The van der Waals surface area contributed by atoms with E-state index in [0.29, 0.717) is 31.3 Å². The van der Waals surface area contributed by atoms with Gasteiger partial charge in [-0.1, -0.05) is 49.4 Å². The van der Waals surface area contributed by atoms with Crippen LogP contribution in [0.15, 0.2) is 48.5 Å². The highest BCUT2D eigenvalue weighted by Gasteiger charge is 2.21. The van der Waals surface area contributed by atoms with Gasteiger partial charge in [-0.15, -0.1) is 0 Å². The lowest BCUT2D eigenvalue weighted by molar-refractivity contribution is -0.119. The molecule has 3 aromatic rings. The summed E-state index contributed by atoms with van der Waals surface area (Å²) in [5.74, 6) is 1.54. The molecule has 3 rings (SSSR count). The van der Waals surface area contributed by atoms with E-state index < -0.39 is 0 Å². The van der Waals surface area contributed by atoms with E-state index in [2.05, 4.69) is 18.7 Å². The van der Waals surface area contributed by atoms with Crippen molar-refractivity contribution >= 4 is 32.6 Å². The molecular formula is C24H31N3O3S. The van der Waals surface area contributed by atoms with Gasteiger partial charge in [0.1, 0.15) is 17.0 Å². The number of carbonyl (C=O) groups is 1. The normalized spacial score (nSPS) is 11.1. The molecule has 1 aromatic heterocycles. The van der Waals surface area contributed by atoms with Gasteiger partial charge in [0.05, 0.1) is 24.3 Å². The van der Waals surface area contributed by atoms with Crippen molar-refractivity contribution in [3.8, 4) is 11.5 Å². The Balaban J connectivity index is 1.77. The van der Waals surface area contributed by atoms with Gasteiger partial charge in [-0.25, -0.2) is 4.98 Å². The fourth-order valence-electron chi connectivity index (χ4n) is 3.32. The largest absolute Gasteiger partial charge is 0.493 e. The smallest absolute Gasteiger partial charge is 0.232 e. The molecule has 166 valence electrons. The molecule has 0 N–H and O–H groups in total. The molecule has 0 spiro atoms. The minimum atomic E-state index is 0.0140. The summed E-state index contributed by atoms with van der Waals surface area (Å²) < 4.78 is 12.5. The summed E-state index contributed by atoms with van der Waals surface area (Å²) in [6.07, 6.45) is 0.293. The quantitative estimate of drug-likeness (QED) is 0.403. The zero-order chi connectivity index (χ0) is 22.1. The van der Waals surface area contributed by atoms with Crippen molar-refractivity contribution in [2.24, 2.45) is 0 Å². The van der Waals surface area contributed by atoms with Crippen LogP contribution in [0.5, 0.6) is 11.5 Å². The standard InChI is InChI=1S/C24H31N3O3S/c1-4-26(5-2)16-17-27(22(28)15-18-30-19-11-8-7-9-12-19)24-25-23-20(29-6-3)13-10-14-21(23)31-24/h7-14H,4-6,15-18H2,1-3H3. The van der Waals surface area contributed by atoms with E-state index in [9.17, 15) is 4.79 Å². The highest BCUT2D eigenvalue weighted by Crippen LogP contribution is 2.34. The highest BCUT2D eigenvalue weighted by atomic mass is 32.1. The van der Waals surface area contributed by atoms with Gasteiger partial charge in [-0.05, 0) is 44.3 Å². The Morgan fingerprint density at radius 1 is 0.968 bits per heavy atom. The van der Waals surface area contributed by atoms with Gasteiger partial charge >= 0.3 is 0 Å². The number of carbonyl (C=O) groups excluding carboxylic acids is 1. The third-order valence-corrected chi connectivity index (χ3v) is 6.11. The molecule has 1 amide bonds. The van der Waals surface area contributed by atoms with Crippen LogP contribution in [0.2, 0.25) is 0 Å². The summed E-state index contributed by atoms with van der Waals surface area (Å²) in [5.41, 5.74) is 0.811. The summed E-state index contributed by atoms with van der Waals surface area (Å²) >= 11 is 1.53. The van der Waals surface area contributed by atoms with Crippen LogP contribution in [0.25, 0.3) is 10.2 Å². The maximum absolute atomic E-state index is 13.2. The van der Waals surface area contributed by atoms with Crippen LogP contribution in [-0.2, 0) is 4.79 Å². The molecule has 0 saturated carbocycles. The van der Waals surface area contributed by atoms with Gasteiger partial charge < -0.3 is 14.4 Å². The van der Waals surface area contributed by atoms with E-state index in [1.807, 2.05) is 55.5 Å². The number of nitrogens with zero attached hydrogens (tertiary/aromatic N) is 3. The van der Waals surface area contributed by atoms with E-state index in [-0.39, 0.29) is 5.91 Å². The first-order valence-electron chi connectivity index (χ1n) is 10.9. The molecule has 6 nitrogen and oxygen atoms in total. The first kappa shape index (κ1) is 23.0. The topological polar surface area (TPSA) is 54.9 Å². The van der Waals surface area contributed by atoms with Gasteiger partial charge in [-0.3, -0.25) is 9.69 Å². The number of anilines is 1. The van der Waals surface area contributed by atoms with Crippen molar-refractivity contribution in [1.82, 2.24) is 9.88 Å². The third-order valence-electron chi connectivity index (χ3n) is 5.06. The Morgan fingerprint density at radius 2 is 1.74 bits per heavy atom. The van der Waals surface area contributed by atoms with E-state index >= 15 is 0 Å². The molecule has 31 heavy (non-hydrogen) atoms. The molecule has 0 atom stereocenters. The second-order valence-corrected chi connectivity index (χ2v) is 8.03. The summed E-state index contributed by atoms with van der Waals surface area (Å²) in [5, 5.41) is 0.707. The molecule has 2 aromatic carbocycles. The Bertz CT molecular complexity index is 957. The van der Waals surface area contributed by atoms with E-state index in [1.54, 1.807) is 4.90 Å². The number of likely N-dealkylation sites (N-methyl/N-ethyl adjacent to an activating group) is 1. The lowest BCUT2D eigenvalue weighted by Crippen LogP contribution is -2.39. The number of hydrogen-bond donors (Lipinski definition) is 0. The number of amides is 1. The van der Waals surface area contributed by atoms with Crippen molar-refractivity contribution in [1.29, 1.82) is 0 Å². The Labute approximate surface area is 188 Å². The molecule has 1 heterocycles. The van der Waals surface area contributed by atoms with Crippen molar-refractivity contribution < 1.29 is 14.3 Å². The fourth-order valence-corrected chi connectivity index (χ4v) is 4.34. The first-order valence-corrected chi connectivity index (χ1v) is 11.7. The van der Waals surface area contributed by atoms with Crippen LogP contribution >= 0.6 is 11.3 Å². The van der Waals surface area contributed by atoms with Crippen LogP contribution in [0.1, 0.15) is 27.2 Å². The highest BCUT2D eigenvalue weighted by molar-refractivity contribution is 7.22. The fraction of sp³-hybridized carbons (Fsp3) is 0.417. The lowest BCUT2D eigenvalue weighted by atomic mass is 10.3. The van der Waals surface area contributed by atoms with Crippen LogP contribution in [0, 0.1) is 0 Å². The second-order valence-electron chi connectivity index (χ2n) is 7.02. The molecule has 0 aliphatic carbocycles. The van der Waals surface area contributed by atoms with E-state index in [1.165, 1.54) is 11.3 Å². The first-order chi connectivity index (χ1) is 15.2. The van der Waals surface area contributed by atoms with Gasteiger partial charge in [0, 0.05) is 13.1 Å². The van der Waals surface area contributed by atoms with Crippen LogP contribution in [0.4, 0.5) is 5.13 Å². The van der Waals surface area contributed by atoms with Crippen molar-refractivity contribution in [2.45, 2.75) is 27.2 Å². The number of para-hydroxylation sites is 2. The lowest BCUT2D eigenvalue weighted by Gasteiger charge is -2.24. The van der Waals surface area contributed by atoms with Crippen LogP contribution in [0.3, 0.4) is 0 Å². The average molecular weight is 442 g/mol. The van der Waals surface area contributed by atoms with Gasteiger partial charge in [-0.2, -0.15) is 0 Å². The molecule has 0 unspecified atom stereocenters. The van der Waals surface area contributed by atoms with Crippen LogP contribution < -0.4 is 14.4 Å². The Morgan fingerprint density at radius 3 is 2.45 bits per heavy atom. The predicted octanol–water partition coefficient (Wildman–Crippen LogP) is 4.84. The van der Waals surface area contributed by atoms with Crippen molar-refractivity contribution in [3.05, 3.63) is 48.5 Å². The predicted molar refractivity (Wildman–Crippen MR) is 127 cm³/mol. The number of fused-ring (bicyclic) bond motifs is 1. The summed E-state index contributed by atoms with van der Waals surface area (Å²) in [4.78, 5) is 22.1. The number of thiazole rings is 1. The third kappa shape index (κ3) is 6.18. The second kappa shape index (κ2) is 11.7. The number of benzene rings is 2. The van der Waals surface area contributed by atoms with Gasteiger partial charge in [0.25, 0.3) is 0 Å². The molecule has 0 aliphatic heterocycles. The molecule has 0 fully saturated rings. The summed E-state index contributed by atoms with van der Waals surface area (Å²) in [6.45, 7) is 10.4. The minimum Gasteiger partial charge on any atom is -0.493 e. The summed E-state index contributed by atoms with van der Waals surface area (Å²) in [7, 11) is 0. The van der Waals surface area contributed by atoms with E-state index in [4.69, 9.17) is 14.5 Å². The Hall–Kier alpha value is -2.64.